The number of rotatable bonds is 4. The van der Waals surface area contributed by atoms with Gasteiger partial charge in [-0.25, -0.2) is 0 Å². The van der Waals surface area contributed by atoms with Crippen LogP contribution in [0, 0.1) is 5.92 Å². The van der Waals surface area contributed by atoms with Gasteiger partial charge in [-0.2, -0.15) is 0 Å². The second-order valence-corrected chi connectivity index (χ2v) is 7.19. The third kappa shape index (κ3) is 2.81. The molecule has 0 aromatic rings. The molecule has 1 heterocycles. The standard InChI is InChI=1S/C14H25BrO/c1-3-12(11(2)15)10-13-6-9-14(16-13)7-4-5-8-14/h11-13H,3-10H2,1-2H3. The second kappa shape index (κ2) is 5.39. The van der Waals surface area contributed by atoms with Gasteiger partial charge in [-0.1, -0.05) is 49.0 Å². The van der Waals surface area contributed by atoms with E-state index in [1.807, 2.05) is 0 Å². The van der Waals surface area contributed by atoms with Gasteiger partial charge in [0.15, 0.2) is 0 Å². The van der Waals surface area contributed by atoms with Crippen molar-refractivity contribution >= 4 is 15.9 Å². The first-order valence-corrected chi connectivity index (χ1v) is 7.89. The van der Waals surface area contributed by atoms with Crippen molar-refractivity contribution in [2.75, 3.05) is 0 Å². The molecule has 2 heteroatoms. The summed E-state index contributed by atoms with van der Waals surface area (Å²) in [5, 5.41) is 0. The summed E-state index contributed by atoms with van der Waals surface area (Å²) in [6, 6.07) is 0. The lowest BCUT2D eigenvalue weighted by Crippen LogP contribution is -2.26. The fourth-order valence-corrected chi connectivity index (χ4v) is 4.05. The summed E-state index contributed by atoms with van der Waals surface area (Å²) < 4.78 is 6.37. The molecule has 1 aliphatic heterocycles. The van der Waals surface area contributed by atoms with E-state index in [1.165, 1.54) is 51.4 Å². The van der Waals surface area contributed by atoms with Crippen molar-refractivity contribution in [2.24, 2.45) is 5.92 Å². The fourth-order valence-electron chi connectivity index (χ4n) is 3.47. The van der Waals surface area contributed by atoms with Gasteiger partial charge in [0.2, 0.25) is 0 Å². The molecule has 0 radical (unpaired) electrons. The van der Waals surface area contributed by atoms with Gasteiger partial charge in [0.05, 0.1) is 11.7 Å². The first-order valence-electron chi connectivity index (χ1n) is 6.97. The Hall–Kier alpha value is 0.440. The highest BCUT2D eigenvalue weighted by Gasteiger charge is 2.42. The average Bonchev–Trinajstić information content (AvgIpc) is 2.86. The molecule has 3 atom stereocenters. The average molecular weight is 289 g/mol. The summed E-state index contributed by atoms with van der Waals surface area (Å²) >= 11 is 3.73. The summed E-state index contributed by atoms with van der Waals surface area (Å²) in [5.41, 5.74) is 0.318. The van der Waals surface area contributed by atoms with E-state index in [1.54, 1.807) is 0 Å². The molecule has 0 aromatic heterocycles. The molecule has 0 amide bonds. The van der Waals surface area contributed by atoms with E-state index in [4.69, 9.17) is 4.74 Å². The zero-order valence-corrected chi connectivity index (χ0v) is 12.3. The summed E-state index contributed by atoms with van der Waals surface area (Å²) in [7, 11) is 0. The van der Waals surface area contributed by atoms with Crippen LogP contribution in [-0.2, 0) is 4.74 Å². The lowest BCUT2D eigenvalue weighted by Gasteiger charge is -2.26. The van der Waals surface area contributed by atoms with Crippen molar-refractivity contribution in [3.8, 4) is 0 Å². The van der Waals surface area contributed by atoms with E-state index in [0.717, 1.165) is 5.92 Å². The molecule has 1 saturated heterocycles. The Morgan fingerprint density at radius 1 is 1.31 bits per heavy atom. The Morgan fingerprint density at radius 3 is 2.56 bits per heavy atom. The molecular formula is C14H25BrO. The molecule has 2 rings (SSSR count). The molecule has 2 aliphatic rings. The molecule has 0 aromatic carbocycles. The van der Waals surface area contributed by atoms with Crippen LogP contribution in [0.3, 0.4) is 0 Å². The van der Waals surface area contributed by atoms with Crippen LogP contribution in [0.25, 0.3) is 0 Å². The Labute approximate surface area is 108 Å². The van der Waals surface area contributed by atoms with E-state index in [0.29, 0.717) is 16.5 Å². The Morgan fingerprint density at radius 2 is 2.00 bits per heavy atom. The fraction of sp³-hybridized carbons (Fsp3) is 1.00. The van der Waals surface area contributed by atoms with E-state index in [2.05, 4.69) is 29.8 Å². The highest BCUT2D eigenvalue weighted by atomic mass is 79.9. The minimum atomic E-state index is 0.318. The van der Waals surface area contributed by atoms with E-state index in [9.17, 15) is 0 Å². The number of ether oxygens (including phenoxy) is 1. The number of hydrogen-bond donors (Lipinski definition) is 0. The molecule has 94 valence electrons. The van der Waals surface area contributed by atoms with Crippen molar-refractivity contribution in [3.05, 3.63) is 0 Å². The SMILES string of the molecule is CCC(CC1CCC2(CCCC2)O1)C(C)Br. The van der Waals surface area contributed by atoms with Crippen LogP contribution in [-0.4, -0.2) is 16.5 Å². The summed E-state index contributed by atoms with van der Waals surface area (Å²) in [6.07, 6.45) is 11.1. The van der Waals surface area contributed by atoms with Gasteiger partial charge in [-0.3, -0.25) is 0 Å². The van der Waals surface area contributed by atoms with Gasteiger partial charge in [-0.05, 0) is 38.0 Å². The van der Waals surface area contributed by atoms with Crippen molar-refractivity contribution < 1.29 is 4.74 Å². The Kier molecular flexibility index (Phi) is 4.34. The third-order valence-electron chi connectivity index (χ3n) is 4.59. The van der Waals surface area contributed by atoms with E-state index in [-0.39, 0.29) is 0 Å². The van der Waals surface area contributed by atoms with Crippen molar-refractivity contribution in [1.82, 2.24) is 0 Å². The summed E-state index contributed by atoms with van der Waals surface area (Å²) in [4.78, 5) is 0.626. The topological polar surface area (TPSA) is 9.23 Å². The Bertz CT molecular complexity index is 221. The van der Waals surface area contributed by atoms with Crippen molar-refractivity contribution in [3.63, 3.8) is 0 Å². The van der Waals surface area contributed by atoms with Crippen LogP contribution in [0.4, 0.5) is 0 Å². The molecule has 2 fully saturated rings. The number of alkyl halides is 1. The van der Waals surface area contributed by atoms with Gasteiger partial charge in [-0.15, -0.1) is 0 Å². The zero-order chi connectivity index (χ0) is 11.6. The smallest absolute Gasteiger partial charge is 0.0687 e. The molecule has 1 saturated carbocycles. The molecule has 1 spiro atoms. The Balaban J connectivity index is 1.84. The van der Waals surface area contributed by atoms with Crippen molar-refractivity contribution in [2.45, 2.75) is 81.7 Å². The molecule has 1 nitrogen and oxygen atoms in total. The normalized spacial score (nSPS) is 32.1. The van der Waals surface area contributed by atoms with Crippen LogP contribution in [0.5, 0.6) is 0 Å². The first kappa shape index (κ1) is 12.9. The van der Waals surface area contributed by atoms with Gasteiger partial charge in [0.1, 0.15) is 0 Å². The maximum atomic E-state index is 6.37. The predicted octanol–water partition coefficient (Wildman–Crippen LogP) is 4.68. The maximum Gasteiger partial charge on any atom is 0.0687 e. The number of hydrogen-bond acceptors (Lipinski definition) is 1. The predicted molar refractivity (Wildman–Crippen MR) is 72.1 cm³/mol. The highest BCUT2D eigenvalue weighted by molar-refractivity contribution is 9.09. The van der Waals surface area contributed by atoms with Crippen LogP contribution in [0.1, 0.15) is 65.2 Å². The van der Waals surface area contributed by atoms with Gasteiger partial charge >= 0.3 is 0 Å². The van der Waals surface area contributed by atoms with Crippen LogP contribution >= 0.6 is 15.9 Å². The largest absolute Gasteiger partial charge is 0.372 e. The quantitative estimate of drug-likeness (QED) is 0.683. The highest BCUT2D eigenvalue weighted by Crippen LogP contribution is 2.45. The van der Waals surface area contributed by atoms with Crippen LogP contribution in [0.15, 0.2) is 0 Å². The summed E-state index contributed by atoms with van der Waals surface area (Å²) in [5.74, 6) is 0.779. The minimum absolute atomic E-state index is 0.318. The third-order valence-corrected chi connectivity index (χ3v) is 5.34. The van der Waals surface area contributed by atoms with Gasteiger partial charge < -0.3 is 4.74 Å². The van der Waals surface area contributed by atoms with Crippen molar-refractivity contribution in [1.29, 1.82) is 0 Å². The monoisotopic (exact) mass is 288 g/mol. The maximum absolute atomic E-state index is 6.37. The number of halogens is 1. The molecular weight excluding hydrogens is 264 g/mol. The molecule has 1 aliphatic carbocycles. The molecule has 0 N–H and O–H groups in total. The van der Waals surface area contributed by atoms with Gasteiger partial charge in [0.25, 0.3) is 0 Å². The molecule has 16 heavy (non-hydrogen) atoms. The van der Waals surface area contributed by atoms with E-state index >= 15 is 0 Å². The lowest BCUT2D eigenvalue weighted by molar-refractivity contribution is -0.0442. The summed E-state index contributed by atoms with van der Waals surface area (Å²) in [6.45, 7) is 4.57. The van der Waals surface area contributed by atoms with Gasteiger partial charge in [0, 0.05) is 4.83 Å². The molecule has 0 bridgehead atoms. The second-order valence-electron chi connectivity index (χ2n) is 5.75. The van der Waals surface area contributed by atoms with Crippen LogP contribution < -0.4 is 0 Å². The minimum Gasteiger partial charge on any atom is -0.372 e. The molecule has 3 unspecified atom stereocenters. The van der Waals surface area contributed by atoms with Crippen LogP contribution in [0.2, 0.25) is 0 Å². The lowest BCUT2D eigenvalue weighted by atomic mass is 9.93. The zero-order valence-electron chi connectivity index (χ0n) is 10.7. The first-order chi connectivity index (χ1) is 7.65. The van der Waals surface area contributed by atoms with E-state index < -0.39 is 0 Å².